The van der Waals surface area contributed by atoms with E-state index in [-0.39, 0.29) is 5.41 Å². The van der Waals surface area contributed by atoms with Crippen LogP contribution < -0.4 is 5.73 Å². The number of anilines is 1. The van der Waals surface area contributed by atoms with Gasteiger partial charge in [0.05, 0.1) is 5.69 Å². The van der Waals surface area contributed by atoms with Gasteiger partial charge in [-0.15, -0.1) is 0 Å². The number of hydrogen-bond acceptors (Lipinski definition) is 3. The van der Waals surface area contributed by atoms with E-state index in [1.807, 2.05) is 0 Å². The minimum atomic E-state index is 0.234. The smallest absolute Gasteiger partial charge is 0.145 e. The molecule has 1 aliphatic carbocycles. The predicted molar refractivity (Wildman–Crippen MR) is 43.0 cm³/mol. The summed E-state index contributed by atoms with van der Waals surface area (Å²) in [4.78, 5) is 8.23. The normalized spacial score (nSPS) is 19.7. The highest BCUT2D eigenvalue weighted by atomic mass is 14.9. The fourth-order valence-corrected chi connectivity index (χ4v) is 1.24. The summed E-state index contributed by atoms with van der Waals surface area (Å²) in [6.07, 6.45) is 5.71. The van der Waals surface area contributed by atoms with E-state index in [1.165, 1.54) is 12.8 Å². The Bertz CT molecular complexity index is 278. The van der Waals surface area contributed by atoms with Gasteiger partial charge in [-0.1, -0.05) is 6.92 Å². The molecule has 0 aliphatic heterocycles. The van der Waals surface area contributed by atoms with E-state index in [1.54, 1.807) is 12.4 Å². The quantitative estimate of drug-likeness (QED) is 0.650. The van der Waals surface area contributed by atoms with Crippen molar-refractivity contribution in [3.63, 3.8) is 0 Å². The van der Waals surface area contributed by atoms with Crippen molar-refractivity contribution in [1.29, 1.82) is 0 Å². The Labute approximate surface area is 65.7 Å². The molecule has 0 aromatic carbocycles. The van der Waals surface area contributed by atoms with Gasteiger partial charge < -0.3 is 5.73 Å². The third-order valence-corrected chi connectivity index (χ3v) is 2.30. The molecule has 1 fully saturated rings. The monoisotopic (exact) mass is 149 g/mol. The highest BCUT2D eigenvalue weighted by molar-refractivity contribution is 5.41. The van der Waals surface area contributed by atoms with E-state index in [0.717, 1.165) is 5.69 Å². The van der Waals surface area contributed by atoms with Crippen LogP contribution in [0.5, 0.6) is 0 Å². The molecule has 0 unspecified atom stereocenters. The Hall–Kier alpha value is -1.12. The van der Waals surface area contributed by atoms with Crippen molar-refractivity contribution in [3.8, 4) is 0 Å². The molecule has 58 valence electrons. The highest BCUT2D eigenvalue weighted by Gasteiger charge is 2.42. The summed E-state index contributed by atoms with van der Waals surface area (Å²) in [6.45, 7) is 2.17. The molecule has 0 atom stereocenters. The van der Waals surface area contributed by atoms with Crippen molar-refractivity contribution in [2.24, 2.45) is 0 Å². The number of hydrogen-bond donors (Lipinski definition) is 1. The van der Waals surface area contributed by atoms with Crippen molar-refractivity contribution in [2.75, 3.05) is 5.73 Å². The number of nitrogen functional groups attached to an aromatic ring is 1. The molecule has 1 saturated carbocycles. The number of nitrogens with two attached hydrogens (primary N) is 1. The summed E-state index contributed by atoms with van der Waals surface area (Å²) in [6, 6.07) is 0. The maximum absolute atomic E-state index is 5.67. The van der Waals surface area contributed by atoms with Crippen LogP contribution in [0.15, 0.2) is 12.4 Å². The first kappa shape index (κ1) is 6.58. The first-order valence-corrected chi connectivity index (χ1v) is 3.79. The van der Waals surface area contributed by atoms with Gasteiger partial charge in [0.15, 0.2) is 0 Å². The van der Waals surface area contributed by atoms with E-state index in [0.29, 0.717) is 5.82 Å². The van der Waals surface area contributed by atoms with Gasteiger partial charge in [-0.2, -0.15) is 0 Å². The first-order valence-electron chi connectivity index (χ1n) is 3.79. The fourth-order valence-electron chi connectivity index (χ4n) is 1.24. The molecule has 1 aliphatic rings. The van der Waals surface area contributed by atoms with Crippen LogP contribution in [0.4, 0.5) is 5.82 Å². The van der Waals surface area contributed by atoms with Crippen LogP contribution in [-0.4, -0.2) is 9.97 Å². The van der Waals surface area contributed by atoms with Crippen LogP contribution in [-0.2, 0) is 5.41 Å². The largest absolute Gasteiger partial charge is 0.382 e. The van der Waals surface area contributed by atoms with Crippen LogP contribution in [0, 0.1) is 0 Å². The molecule has 3 nitrogen and oxygen atoms in total. The third-order valence-electron chi connectivity index (χ3n) is 2.30. The van der Waals surface area contributed by atoms with Crippen LogP contribution in [0.2, 0.25) is 0 Å². The van der Waals surface area contributed by atoms with Gasteiger partial charge in [-0.05, 0) is 12.8 Å². The van der Waals surface area contributed by atoms with Gasteiger partial charge in [-0.3, -0.25) is 4.98 Å². The van der Waals surface area contributed by atoms with E-state index in [9.17, 15) is 0 Å². The highest BCUT2D eigenvalue weighted by Crippen LogP contribution is 2.47. The molecule has 0 amide bonds. The number of nitrogens with zero attached hydrogens (tertiary/aromatic N) is 2. The Morgan fingerprint density at radius 1 is 1.36 bits per heavy atom. The Kier molecular flexibility index (Phi) is 1.16. The average molecular weight is 149 g/mol. The zero-order valence-electron chi connectivity index (χ0n) is 6.54. The molecular formula is C8H11N3. The maximum atomic E-state index is 5.67. The number of rotatable bonds is 1. The molecular weight excluding hydrogens is 138 g/mol. The van der Waals surface area contributed by atoms with Crippen LogP contribution in [0.1, 0.15) is 25.5 Å². The van der Waals surface area contributed by atoms with Gasteiger partial charge in [0, 0.05) is 17.8 Å². The molecule has 2 N–H and O–H groups in total. The second-order valence-corrected chi connectivity index (χ2v) is 3.35. The Morgan fingerprint density at radius 3 is 2.55 bits per heavy atom. The first-order chi connectivity index (χ1) is 5.22. The molecule has 1 aromatic heterocycles. The Morgan fingerprint density at radius 2 is 2.00 bits per heavy atom. The molecule has 0 radical (unpaired) electrons. The van der Waals surface area contributed by atoms with Gasteiger partial charge >= 0.3 is 0 Å². The van der Waals surface area contributed by atoms with Gasteiger partial charge in [0.1, 0.15) is 5.82 Å². The summed E-state index contributed by atoms with van der Waals surface area (Å²) < 4.78 is 0. The molecule has 0 saturated heterocycles. The fraction of sp³-hybridized carbons (Fsp3) is 0.500. The van der Waals surface area contributed by atoms with Crippen molar-refractivity contribution in [1.82, 2.24) is 9.97 Å². The molecule has 11 heavy (non-hydrogen) atoms. The second kappa shape index (κ2) is 1.94. The van der Waals surface area contributed by atoms with E-state index in [4.69, 9.17) is 5.73 Å². The SMILES string of the molecule is CC1(c2nccnc2N)CC1. The third kappa shape index (κ3) is 0.964. The van der Waals surface area contributed by atoms with Gasteiger partial charge in [-0.25, -0.2) is 4.98 Å². The lowest BCUT2D eigenvalue weighted by Crippen LogP contribution is -2.08. The van der Waals surface area contributed by atoms with Crippen molar-refractivity contribution in [3.05, 3.63) is 18.1 Å². The Balaban J connectivity index is 2.45. The van der Waals surface area contributed by atoms with Crippen molar-refractivity contribution < 1.29 is 0 Å². The lowest BCUT2D eigenvalue weighted by atomic mass is 10.1. The van der Waals surface area contributed by atoms with Gasteiger partial charge in [0.2, 0.25) is 0 Å². The van der Waals surface area contributed by atoms with Crippen LogP contribution >= 0.6 is 0 Å². The molecule has 0 bridgehead atoms. The summed E-state index contributed by atoms with van der Waals surface area (Å²) in [5.41, 5.74) is 6.88. The molecule has 2 rings (SSSR count). The summed E-state index contributed by atoms with van der Waals surface area (Å²) >= 11 is 0. The van der Waals surface area contributed by atoms with E-state index < -0.39 is 0 Å². The maximum Gasteiger partial charge on any atom is 0.145 e. The van der Waals surface area contributed by atoms with E-state index in [2.05, 4.69) is 16.9 Å². The molecule has 0 spiro atoms. The molecule has 1 heterocycles. The standard InChI is InChI=1S/C8H11N3/c1-8(2-3-8)6-7(9)11-5-4-10-6/h4-5H,2-3H2,1H3,(H2,9,11). The molecule has 3 heteroatoms. The zero-order chi connectivity index (χ0) is 7.90. The lowest BCUT2D eigenvalue weighted by molar-refractivity contribution is 0.747. The second-order valence-electron chi connectivity index (χ2n) is 3.35. The summed E-state index contributed by atoms with van der Waals surface area (Å²) in [7, 11) is 0. The van der Waals surface area contributed by atoms with E-state index >= 15 is 0 Å². The topological polar surface area (TPSA) is 51.8 Å². The molecule has 1 aromatic rings. The van der Waals surface area contributed by atoms with Crippen molar-refractivity contribution >= 4 is 5.82 Å². The van der Waals surface area contributed by atoms with Crippen LogP contribution in [0.25, 0.3) is 0 Å². The number of aromatic nitrogens is 2. The minimum Gasteiger partial charge on any atom is -0.382 e. The average Bonchev–Trinajstić information content (AvgIpc) is 2.70. The summed E-state index contributed by atoms with van der Waals surface area (Å²) in [5.74, 6) is 0.590. The summed E-state index contributed by atoms with van der Waals surface area (Å²) in [5, 5.41) is 0. The lowest BCUT2D eigenvalue weighted by Gasteiger charge is -2.07. The zero-order valence-corrected chi connectivity index (χ0v) is 6.54. The van der Waals surface area contributed by atoms with Gasteiger partial charge in [0.25, 0.3) is 0 Å². The minimum absolute atomic E-state index is 0.234. The van der Waals surface area contributed by atoms with Crippen molar-refractivity contribution in [2.45, 2.75) is 25.2 Å². The predicted octanol–water partition coefficient (Wildman–Crippen LogP) is 1.11. The van der Waals surface area contributed by atoms with Crippen LogP contribution in [0.3, 0.4) is 0 Å².